The third-order valence-corrected chi connectivity index (χ3v) is 4.09. The molecule has 1 aliphatic rings. The lowest BCUT2D eigenvalue weighted by Crippen LogP contribution is -2.33. The van der Waals surface area contributed by atoms with Crippen molar-refractivity contribution in [3.63, 3.8) is 0 Å². The Hall–Kier alpha value is -1.66. The van der Waals surface area contributed by atoms with Crippen LogP contribution in [-0.2, 0) is 4.74 Å². The van der Waals surface area contributed by atoms with Gasteiger partial charge in [-0.25, -0.2) is 4.79 Å². The first-order chi connectivity index (χ1) is 11.2. The van der Waals surface area contributed by atoms with Crippen LogP contribution in [0.3, 0.4) is 0 Å². The molecule has 6 nitrogen and oxygen atoms in total. The van der Waals surface area contributed by atoms with Crippen LogP contribution in [0.25, 0.3) is 0 Å². The minimum atomic E-state index is -0.466. The molecule has 0 radical (unpaired) electrons. The number of nitrogens with one attached hydrogen (secondary N) is 1. The number of methoxy groups -OCH3 is 2. The molecule has 24 heavy (non-hydrogen) atoms. The summed E-state index contributed by atoms with van der Waals surface area (Å²) >= 11 is 0. The van der Waals surface area contributed by atoms with Crippen molar-refractivity contribution in [1.82, 2.24) is 5.32 Å². The van der Waals surface area contributed by atoms with Gasteiger partial charge in [-0.05, 0) is 25.0 Å². The van der Waals surface area contributed by atoms with Crippen LogP contribution in [0, 0.1) is 0 Å². The molecule has 0 aromatic heterocycles. The van der Waals surface area contributed by atoms with Gasteiger partial charge in [-0.15, -0.1) is 12.4 Å². The average molecular weight is 360 g/mol. The van der Waals surface area contributed by atoms with E-state index in [2.05, 4.69) is 5.32 Å². The van der Waals surface area contributed by atoms with Crippen LogP contribution in [0.2, 0.25) is 0 Å². The highest BCUT2D eigenvalue weighted by atomic mass is 35.5. The van der Waals surface area contributed by atoms with Crippen LogP contribution in [0.15, 0.2) is 12.1 Å². The first-order valence-corrected chi connectivity index (χ1v) is 8.01. The number of carbonyl (C=O) groups is 1. The van der Waals surface area contributed by atoms with Gasteiger partial charge in [0.2, 0.25) is 5.75 Å². The number of phenols is 1. The molecule has 0 aliphatic heterocycles. The Morgan fingerprint density at radius 3 is 2.29 bits per heavy atom. The Bertz CT molecular complexity index is 507. The minimum Gasteiger partial charge on any atom is -0.502 e. The third kappa shape index (κ3) is 5.46. The van der Waals surface area contributed by atoms with Crippen LogP contribution in [0.4, 0.5) is 0 Å². The van der Waals surface area contributed by atoms with Crippen molar-refractivity contribution < 1.29 is 24.1 Å². The molecule has 1 aromatic rings. The van der Waals surface area contributed by atoms with Crippen molar-refractivity contribution in [2.45, 2.75) is 38.1 Å². The highest BCUT2D eigenvalue weighted by Gasteiger charge is 2.17. The zero-order valence-electron chi connectivity index (χ0n) is 14.2. The van der Waals surface area contributed by atoms with E-state index < -0.39 is 5.97 Å². The monoisotopic (exact) mass is 359 g/mol. The molecule has 1 aromatic carbocycles. The highest BCUT2D eigenvalue weighted by molar-refractivity contribution is 5.91. The van der Waals surface area contributed by atoms with Gasteiger partial charge in [0, 0.05) is 12.6 Å². The van der Waals surface area contributed by atoms with Gasteiger partial charge in [-0.1, -0.05) is 19.3 Å². The van der Waals surface area contributed by atoms with Crippen LogP contribution < -0.4 is 14.8 Å². The lowest BCUT2D eigenvalue weighted by atomic mass is 9.96. The zero-order valence-corrected chi connectivity index (χ0v) is 15.0. The second kappa shape index (κ2) is 10.3. The van der Waals surface area contributed by atoms with Crippen LogP contribution in [0.5, 0.6) is 17.2 Å². The van der Waals surface area contributed by atoms with E-state index in [1.807, 2.05) is 0 Å². The van der Waals surface area contributed by atoms with Gasteiger partial charge < -0.3 is 24.6 Å². The number of hydrogen-bond donors (Lipinski definition) is 2. The Morgan fingerprint density at radius 1 is 1.17 bits per heavy atom. The summed E-state index contributed by atoms with van der Waals surface area (Å²) in [6.45, 7) is 0.948. The van der Waals surface area contributed by atoms with Gasteiger partial charge >= 0.3 is 5.97 Å². The van der Waals surface area contributed by atoms with Crippen LogP contribution in [-0.4, -0.2) is 44.5 Å². The minimum absolute atomic E-state index is 0. The number of aromatic hydroxyl groups is 1. The number of esters is 1. The summed E-state index contributed by atoms with van der Waals surface area (Å²) in [6.07, 6.45) is 6.24. The van der Waals surface area contributed by atoms with E-state index in [9.17, 15) is 9.90 Å². The number of benzene rings is 1. The largest absolute Gasteiger partial charge is 0.502 e. The Labute approximate surface area is 148 Å². The SMILES string of the molecule is COc1cc(C(=O)OCCNC2CCCCC2)cc(OC)c1O.Cl. The second-order valence-corrected chi connectivity index (χ2v) is 5.65. The van der Waals surface area contributed by atoms with Crippen molar-refractivity contribution in [3.8, 4) is 17.2 Å². The number of rotatable bonds is 7. The van der Waals surface area contributed by atoms with Gasteiger partial charge in [0.1, 0.15) is 6.61 Å². The summed E-state index contributed by atoms with van der Waals surface area (Å²) in [6, 6.07) is 3.42. The number of halogens is 1. The van der Waals surface area contributed by atoms with Gasteiger partial charge in [0.25, 0.3) is 0 Å². The first kappa shape index (κ1) is 20.4. The fourth-order valence-corrected chi connectivity index (χ4v) is 2.81. The average Bonchev–Trinajstić information content (AvgIpc) is 2.59. The molecule has 0 atom stereocenters. The van der Waals surface area contributed by atoms with Crippen molar-refractivity contribution >= 4 is 18.4 Å². The summed E-state index contributed by atoms with van der Waals surface area (Å²) in [5.74, 6) is -0.245. The second-order valence-electron chi connectivity index (χ2n) is 5.65. The summed E-state index contributed by atoms with van der Waals surface area (Å²) in [7, 11) is 2.83. The lowest BCUT2D eigenvalue weighted by Gasteiger charge is -2.22. The number of carbonyl (C=O) groups excluding carboxylic acids is 1. The van der Waals surface area contributed by atoms with Gasteiger partial charge in [0.15, 0.2) is 11.5 Å². The van der Waals surface area contributed by atoms with E-state index in [1.165, 1.54) is 58.5 Å². The third-order valence-electron chi connectivity index (χ3n) is 4.09. The fourth-order valence-electron chi connectivity index (χ4n) is 2.81. The molecule has 2 N–H and O–H groups in total. The maximum absolute atomic E-state index is 12.1. The Kier molecular flexibility index (Phi) is 8.71. The zero-order chi connectivity index (χ0) is 16.7. The Balaban J connectivity index is 0.00000288. The van der Waals surface area contributed by atoms with E-state index in [0.29, 0.717) is 19.2 Å². The van der Waals surface area contributed by atoms with E-state index in [4.69, 9.17) is 14.2 Å². The molecule has 2 rings (SSSR count). The topological polar surface area (TPSA) is 77.0 Å². The molecule has 1 fully saturated rings. The summed E-state index contributed by atoms with van der Waals surface area (Å²) < 4.78 is 15.3. The van der Waals surface area contributed by atoms with Crippen molar-refractivity contribution in [2.24, 2.45) is 0 Å². The van der Waals surface area contributed by atoms with Crippen molar-refractivity contribution in [3.05, 3.63) is 17.7 Å². The number of ether oxygens (including phenoxy) is 3. The summed E-state index contributed by atoms with van der Waals surface area (Å²) in [5.41, 5.74) is 0.286. The predicted octanol–water partition coefficient (Wildman–Crippen LogP) is 2.91. The predicted molar refractivity (Wildman–Crippen MR) is 93.6 cm³/mol. The molecular weight excluding hydrogens is 334 g/mol. The maximum atomic E-state index is 12.1. The van der Waals surface area contributed by atoms with Gasteiger partial charge in [-0.2, -0.15) is 0 Å². The van der Waals surface area contributed by atoms with Crippen molar-refractivity contribution in [2.75, 3.05) is 27.4 Å². The van der Waals surface area contributed by atoms with E-state index in [0.717, 1.165) is 0 Å². The molecule has 1 aliphatic carbocycles. The molecule has 0 unspecified atom stereocenters. The van der Waals surface area contributed by atoms with Gasteiger partial charge in [0.05, 0.1) is 19.8 Å². The van der Waals surface area contributed by atoms with Gasteiger partial charge in [-0.3, -0.25) is 0 Å². The highest BCUT2D eigenvalue weighted by Crippen LogP contribution is 2.37. The van der Waals surface area contributed by atoms with Crippen molar-refractivity contribution in [1.29, 1.82) is 0 Å². The van der Waals surface area contributed by atoms with E-state index in [-0.39, 0.29) is 35.2 Å². The molecule has 136 valence electrons. The van der Waals surface area contributed by atoms with E-state index in [1.54, 1.807) is 0 Å². The Morgan fingerprint density at radius 2 is 1.75 bits per heavy atom. The molecule has 7 heteroatoms. The number of phenolic OH excluding ortho intramolecular Hbond substituents is 1. The molecule has 0 bridgehead atoms. The molecule has 1 saturated carbocycles. The van der Waals surface area contributed by atoms with Crippen LogP contribution >= 0.6 is 12.4 Å². The number of hydrogen-bond acceptors (Lipinski definition) is 6. The quantitative estimate of drug-likeness (QED) is 0.575. The standard InChI is InChI=1S/C17H25NO5.ClH/c1-21-14-10-12(11-15(22-2)16(14)19)17(20)23-9-8-18-13-6-4-3-5-7-13;/h10-11,13,18-19H,3-9H2,1-2H3;1H. The van der Waals surface area contributed by atoms with E-state index >= 15 is 0 Å². The lowest BCUT2D eigenvalue weighted by molar-refractivity contribution is 0.0503. The molecule has 0 spiro atoms. The molecule has 0 amide bonds. The summed E-state index contributed by atoms with van der Waals surface area (Å²) in [4.78, 5) is 12.1. The first-order valence-electron chi connectivity index (χ1n) is 8.01. The smallest absolute Gasteiger partial charge is 0.338 e. The van der Waals surface area contributed by atoms with Crippen LogP contribution in [0.1, 0.15) is 42.5 Å². The molecular formula is C17H26ClNO5. The maximum Gasteiger partial charge on any atom is 0.338 e. The molecule has 0 saturated heterocycles. The fraction of sp³-hybridized carbons (Fsp3) is 0.588. The molecule has 0 heterocycles. The normalized spacial score (nSPS) is 14.6. The summed E-state index contributed by atoms with van der Waals surface area (Å²) in [5, 5.41) is 13.3.